The molecule has 1 aromatic rings. The van der Waals surface area contributed by atoms with Gasteiger partial charge in [0.2, 0.25) is 5.95 Å². The van der Waals surface area contributed by atoms with Crippen molar-refractivity contribution in [2.45, 2.75) is 4.90 Å². The molecule has 0 spiro atoms. The average Bonchev–Trinajstić information content (AvgIpc) is 2.04. The summed E-state index contributed by atoms with van der Waals surface area (Å²) in [5, 5.41) is 3.54. The zero-order chi connectivity index (χ0) is 9.84. The molecule has 0 saturated heterocycles. The van der Waals surface area contributed by atoms with Gasteiger partial charge >= 0.3 is 0 Å². The molecule has 0 saturated carbocycles. The molecule has 0 aromatic carbocycles. The second-order valence-corrected chi connectivity index (χ2v) is 3.09. The molecule has 1 aromatic heterocycles. The summed E-state index contributed by atoms with van der Waals surface area (Å²) in [7, 11) is 0. The van der Waals surface area contributed by atoms with Gasteiger partial charge in [0.05, 0.1) is 4.90 Å². The number of hydrogen-bond donors (Lipinski definition) is 1. The molecule has 2 N–H and O–H groups in total. The zero-order valence-corrected chi connectivity index (χ0v) is 8.17. The Labute approximate surface area is 83.1 Å². The number of nitrogens with zero attached hydrogens (tertiary/aromatic N) is 5. The van der Waals surface area contributed by atoms with Crippen molar-refractivity contribution in [3.8, 4) is 0 Å². The van der Waals surface area contributed by atoms with Gasteiger partial charge in [0.1, 0.15) is 11.0 Å². The lowest BCUT2D eigenvalue weighted by molar-refractivity contribution is 1.09. The zero-order valence-electron chi connectivity index (χ0n) is 6.60. The van der Waals surface area contributed by atoms with Crippen LogP contribution in [0.5, 0.6) is 0 Å². The average molecular weight is 217 g/mol. The fourth-order valence-electron chi connectivity index (χ4n) is 0.714. The Morgan fingerprint density at radius 2 is 2.31 bits per heavy atom. The van der Waals surface area contributed by atoms with E-state index in [4.69, 9.17) is 22.9 Å². The molecule has 0 aliphatic heterocycles. The van der Waals surface area contributed by atoms with E-state index in [-0.39, 0.29) is 16.9 Å². The number of hydrogen-bond acceptors (Lipinski definition) is 5. The van der Waals surface area contributed by atoms with Crippen molar-refractivity contribution in [2.24, 2.45) is 5.11 Å². The van der Waals surface area contributed by atoms with Crippen LogP contribution in [0.15, 0.2) is 10.0 Å². The van der Waals surface area contributed by atoms with E-state index in [1.54, 1.807) is 6.26 Å². The van der Waals surface area contributed by atoms with Gasteiger partial charge in [0.25, 0.3) is 0 Å². The SMILES string of the molecule is CSc1c(Cl)nc(N)nc1N=[N+]=[N-]. The van der Waals surface area contributed by atoms with Crippen molar-refractivity contribution in [1.82, 2.24) is 9.97 Å². The largest absolute Gasteiger partial charge is 0.368 e. The Balaban J connectivity index is 3.37. The highest BCUT2D eigenvalue weighted by Gasteiger charge is 2.08. The van der Waals surface area contributed by atoms with Crippen LogP contribution >= 0.6 is 23.4 Å². The van der Waals surface area contributed by atoms with Crippen LogP contribution in [0.25, 0.3) is 10.4 Å². The van der Waals surface area contributed by atoms with Gasteiger partial charge in [-0.05, 0) is 16.9 Å². The lowest BCUT2D eigenvalue weighted by Gasteiger charge is -2.02. The maximum atomic E-state index is 8.23. The number of nitrogen functional groups attached to an aromatic ring is 1. The van der Waals surface area contributed by atoms with Crippen molar-refractivity contribution in [1.29, 1.82) is 0 Å². The van der Waals surface area contributed by atoms with E-state index in [0.717, 1.165) is 0 Å². The molecule has 0 bridgehead atoms. The van der Waals surface area contributed by atoms with E-state index < -0.39 is 0 Å². The van der Waals surface area contributed by atoms with Crippen LogP contribution in [-0.4, -0.2) is 16.2 Å². The Morgan fingerprint density at radius 1 is 1.62 bits per heavy atom. The number of rotatable bonds is 2. The highest BCUT2D eigenvalue weighted by atomic mass is 35.5. The van der Waals surface area contributed by atoms with Crippen LogP contribution in [0.1, 0.15) is 0 Å². The highest BCUT2D eigenvalue weighted by Crippen LogP contribution is 2.32. The van der Waals surface area contributed by atoms with E-state index >= 15 is 0 Å². The third kappa shape index (κ3) is 2.15. The minimum absolute atomic E-state index is 0.00907. The highest BCUT2D eigenvalue weighted by molar-refractivity contribution is 7.98. The Kier molecular flexibility index (Phi) is 3.18. The van der Waals surface area contributed by atoms with Gasteiger partial charge in [-0.15, -0.1) is 11.8 Å². The summed E-state index contributed by atoms with van der Waals surface area (Å²) in [6.45, 7) is 0. The summed E-state index contributed by atoms with van der Waals surface area (Å²) >= 11 is 7.03. The molecule has 0 unspecified atom stereocenters. The van der Waals surface area contributed by atoms with Gasteiger partial charge in [-0.2, -0.15) is 0 Å². The van der Waals surface area contributed by atoms with E-state index in [1.807, 2.05) is 0 Å². The second-order valence-electron chi connectivity index (χ2n) is 1.92. The number of nitrogens with two attached hydrogens (primary N) is 1. The molecule has 8 heteroatoms. The molecule has 0 fully saturated rings. The summed E-state index contributed by atoms with van der Waals surface area (Å²) in [6.07, 6.45) is 1.77. The van der Waals surface area contributed by atoms with Gasteiger partial charge in [0.15, 0.2) is 0 Å². The van der Waals surface area contributed by atoms with E-state index in [9.17, 15) is 0 Å². The fourth-order valence-corrected chi connectivity index (χ4v) is 1.60. The number of halogens is 1. The minimum atomic E-state index is -0.00907. The summed E-state index contributed by atoms with van der Waals surface area (Å²) in [4.78, 5) is 10.6. The molecule has 1 rings (SSSR count). The molecule has 0 atom stereocenters. The van der Waals surface area contributed by atoms with Crippen molar-refractivity contribution >= 4 is 35.1 Å². The molecular formula is C5H5ClN6S. The first-order valence-electron chi connectivity index (χ1n) is 3.11. The smallest absolute Gasteiger partial charge is 0.221 e. The lowest BCUT2D eigenvalue weighted by Crippen LogP contribution is -1.95. The van der Waals surface area contributed by atoms with Gasteiger partial charge in [-0.1, -0.05) is 11.6 Å². The van der Waals surface area contributed by atoms with Crippen LogP contribution < -0.4 is 5.73 Å². The first-order valence-corrected chi connectivity index (χ1v) is 4.71. The van der Waals surface area contributed by atoms with E-state index in [2.05, 4.69) is 20.0 Å². The van der Waals surface area contributed by atoms with Gasteiger partial charge in [0, 0.05) is 4.91 Å². The molecule has 6 nitrogen and oxygen atoms in total. The molecule has 0 aliphatic carbocycles. The summed E-state index contributed by atoms with van der Waals surface area (Å²) in [6, 6.07) is 0. The Morgan fingerprint density at radius 3 is 2.85 bits per heavy atom. The molecule has 0 aliphatic rings. The van der Waals surface area contributed by atoms with Gasteiger partial charge in [-0.3, -0.25) is 0 Å². The molecule has 1 heterocycles. The van der Waals surface area contributed by atoms with Crippen molar-refractivity contribution in [2.75, 3.05) is 12.0 Å². The standard InChI is InChI=1S/C5H5ClN6S/c1-13-2-3(6)9-5(7)10-4(2)11-12-8/h1H3,(H2,7,9,10). The normalized spacial score (nSPS) is 9.38. The van der Waals surface area contributed by atoms with E-state index in [0.29, 0.717) is 4.90 Å². The number of thioether (sulfide) groups is 1. The first-order chi connectivity index (χ1) is 6.19. The van der Waals surface area contributed by atoms with Crippen LogP contribution in [0, 0.1) is 0 Å². The topological polar surface area (TPSA) is 101 Å². The van der Waals surface area contributed by atoms with Crippen molar-refractivity contribution < 1.29 is 0 Å². The molecule has 13 heavy (non-hydrogen) atoms. The Bertz CT molecular complexity index is 374. The first kappa shape index (κ1) is 9.91. The van der Waals surface area contributed by atoms with Crippen molar-refractivity contribution in [3.05, 3.63) is 15.6 Å². The Hall–Kier alpha value is -1.17. The molecule has 68 valence electrons. The van der Waals surface area contributed by atoms with Gasteiger partial charge in [-0.25, -0.2) is 9.97 Å². The van der Waals surface area contributed by atoms with Crippen LogP contribution in [0.3, 0.4) is 0 Å². The number of azide groups is 1. The fraction of sp³-hybridized carbons (Fsp3) is 0.200. The minimum Gasteiger partial charge on any atom is -0.368 e. The quantitative estimate of drug-likeness (QED) is 0.270. The number of aromatic nitrogens is 2. The third-order valence-corrected chi connectivity index (χ3v) is 2.34. The summed E-state index contributed by atoms with van der Waals surface area (Å²) < 4.78 is 0. The van der Waals surface area contributed by atoms with E-state index in [1.165, 1.54) is 11.8 Å². The number of anilines is 1. The third-order valence-electron chi connectivity index (χ3n) is 1.17. The molecular weight excluding hydrogens is 212 g/mol. The van der Waals surface area contributed by atoms with Crippen molar-refractivity contribution in [3.63, 3.8) is 0 Å². The monoisotopic (exact) mass is 216 g/mol. The van der Waals surface area contributed by atoms with Crippen LogP contribution in [-0.2, 0) is 0 Å². The predicted octanol–water partition coefficient (Wildman–Crippen LogP) is 2.38. The second kappa shape index (κ2) is 4.18. The van der Waals surface area contributed by atoms with Crippen LogP contribution in [0.4, 0.5) is 11.8 Å². The summed E-state index contributed by atoms with van der Waals surface area (Å²) in [5.74, 6) is 0.151. The van der Waals surface area contributed by atoms with Crippen LogP contribution in [0.2, 0.25) is 5.15 Å². The predicted molar refractivity (Wildman–Crippen MR) is 52.0 cm³/mol. The van der Waals surface area contributed by atoms with Gasteiger partial charge < -0.3 is 5.73 Å². The lowest BCUT2D eigenvalue weighted by atomic mass is 10.6. The summed E-state index contributed by atoms with van der Waals surface area (Å²) in [5.41, 5.74) is 13.5. The molecule has 0 radical (unpaired) electrons. The maximum Gasteiger partial charge on any atom is 0.221 e. The maximum absolute atomic E-state index is 8.23. The molecule has 0 amide bonds.